The lowest BCUT2D eigenvalue weighted by atomic mass is 10.2. The van der Waals surface area contributed by atoms with Crippen molar-refractivity contribution in [2.75, 3.05) is 56.2 Å². The van der Waals surface area contributed by atoms with Gasteiger partial charge in [0.1, 0.15) is 11.0 Å². The molecule has 28 heavy (non-hydrogen) atoms. The molecular formula is C19H23ClN6O2. The van der Waals surface area contributed by atoms with E-state index in [9.17, 15) is 4.79 Å². The molecule has 0 unspecified atom stereocenters. The number of carbonyl (C=O) groups is 1. The summed E-state index contributed by atoms with van der Waals surface area (Å²) < 4.78 is 5.14. The maximum Gasteiger partial charge on any atom is 0.254 e. The van der Waals surface area contributed by atoms with Crippen LogP contribution in [0.4, 0.5) is 11.6 Å². The second-order valence-corrected chi connectivity index (χ2v) is 7.32. The van der Waals surface area contributed by atoms with Gasteiger partial charge < -0.3 is 19.4 Å². The molecule has 8 nitrogen and oxygen atoms in total. The molecule has 0 radical (unpaired) electrons. The molecule has 148 valence electrons. The highest BCUT2D eigenvalue weighted by Gasteiger charge is 2.25. The number of amides is 1. The van der Waals surface area contributed by atoms with Crippen LogP contribution in [0.1, 0.15) is 23.2 Å². The zero-order valence-corrected chi connectivity index (χ0v) is 16.6. The second-order valence-electron chi connectivity index (χ2n) is 6.93. The highest BCUT2D eigenvalue weighted by molar-refractivity contribution is 6.29. The fourth-order valence-corrected chi connectivity index (χ4v) is 3.83. The van der Waals surface area contributed by atoms with Crippen LogP contribution in [0.25, 0.3) is 0 Å². The minimum Gasteiger partial charge on any atom is -0.480 e. The summed E-state index contributed by atoms with van der Waals surface area (Å²) in [7, 11) is 1.57. The Labute approximate surface area is 169 Å². The number of rotatable bonds is 4. The highest BCUT2D eigenvalue weighted by atomic mass is 35.5. The number of aromatic nitrogens is 3. The number of halogens is 1. The highest BCUT2D eigenvalue weighted by Crippen LogP contribution is 2.23. The summed E-state index contributed by atoms with van der Waals surface area (Å²) in [5.41, 5.74) is 0.594. The van der Waals surface area contributed by atoms with Crippen LogP contribution in [0.5, 0.6) is 5.88 Å². The summed E-state index contributed by atoms with van der Waals surface area (Å²) >= 11 is 6.20. The molecule has 4 rings (SSSR count). The van der Waals surface area contributed by atoms with Crippen LogP contribution in [0.2, 0.25) is 5.15 Å². The van der Waals surface area contributed by atoms with E-state index in [1.807, 2.05) is 11.0 Å². The lowest BCUT2D eigenvalue weighted by molar-refractivity contribution is 0.0746. The van der Waals surface area contributed by atoms with Crippen molar-refractivity contribution in [3.63, 3.8) is 0 Å². The third-order valence-corrected chi connectivity index (χ3v) is 5.35. The molecule has 9 heteroatoms. The maximum absolute atomic E-state index is 13.0. The van der Waals surface area contributed by atoms with Crippen molar-refractivity contribution in [3.05, 3.63) is 35.2 Å². The number of hydrogen-bond acceptors (Lipinski definition) is 7. The molecule has 0 saturated carbocycles. The zero-order chi connectivity index (χ0) is 19.5. The van der Waals surface area contributed by atoms with E-state index in [1.165, 1.54) is 0 Å². The van der Waals surface area contributed by atoms with Crippen LogP contribution < -0.4 is 14.5 Å². The third kappa shape index (κ3) is 3.96. The molecule has 2 fully saturated rings. The fraction of sp³-hybridized carbons (Fsp3) is 0.474. The summed E-state index contributed by atoms with van der Waals surface area (Å²) in [4.78, 5) is 32.1. The van der Waals surface area contributed by atoms with Gasteiger partial charge in [-0.25, -0.2) is 4.98 Å². The SMILES string of the molecule is COc1cncc(N2CCN(C(=O)c3cc(Cl)nc(N4CCCC4)c3)CC2)n1. The predicted octanol–water partition coefficient (Wildman–Crippen LogP) is 2.10. The average molecular weight is 403 g/mol. The normalized spacial score (nSPS) is 17.1. The molecule has 0 N–H and O–H groups in total. The van der Waals surface area contributed by atoms with Crippen molar-refractivity contribution in [2.24, 2.45) is 0 Å². The van der Waals surface area contributed by atoms with Gasteiger partial charge in [-0.15, -0.1) is 0 Å². The van der Waals surface area contributed by atoms with E-state index in [0.29, 0.717) is 42.8 Å². The number of carbonyl (C=O) groups excluding carboxylic acids is 1. The number of hydrogen-bond donors (Lipinski definition) is 0. The predicted molar refractivity (Wildman–Crippen MR) is 107 cm³/mol. The molecule has 0 spiro atoms. The second kappa shape index (κ2) is 8.18. The first-order chi connectivity index (χ1) is 13.6. The third-order valence-electron chi connectivity index (χ3n) is 5.16. The van der Waals surface area contributed by atoms with Gasteiger partial charge >= 0.3 is 0 Å². The van der Waals surface area contributed by atoms with Crippen molar-refractivity contribution in [1.29, 1.82) is 0 Å². The molecule has 0 aliphatic carbocycles. The molecule has 2 aliphatic rings. The first-order valence-corrected chi connectivity index (χ1v) is 9.84. The minimum absolute atomic E-state index is 0.0128. The van der Waals surface area contributed by atoms with E-state index < -0.39 is 0 Å². The quantitative estimate of drug-likeness (QED) is 0.725. The van der Waals surface area contributed by atoms with Gasteiger partial charge in [-0.1, -0.05) is 11.6 Å². The van der Waals surface area contributed by atoms with Crippen molar-refractivity contribution < 1.29 is 9.53 Å². The largest absolute Gasteiger partial charge is 0.480 e. The van der Waals surface area contributed by atoms with E-state index in [0.717, 1.165) is 37.6 Å². The molecule has 0 atom stereocenters. The number of methoxy groups -OCH3 is 1. The first-order valence-electron chi connectivity index (χ1n) is 9.47. The van der Waals surface area contributed by atoms with Crippen molar-refractivity contribution >= 4 is 29.1 Å². The molecule has 1 amide bonds. The number of ether oxygens (including phenoxy) is 1. The van der Waals surface area contributed by atoms with Gasteiger partial charge in [-0.2, -0.15) is 4.98 Å². The summed E-state index contributed by atoms with van der Waals surface area (Å²) in [6.07, 6.45) is 5.58. The van der Waals surface area contributed by atoms with E-state index in [2.05, 4.69) is 24.8 Å². The van der Waals surface area contributed by atoms with Gasteiger partial charge in [0.15, 0.2) is 5.82 Å². The molecule has 0 aromatic carbocycles. The van der Waals surface area contributed by atoms with Crippen LogP contribution in [0.3, 0.4) is 0 Å². The van der Waals surface area contributed by atoms with Crippen LogP contribution in [0.15, 0.2) is 24.5 Å². The van der Waals surface area contributed by atoms with Gasteiger partial charge in [-0.3, -0.25) is 9.78 Å². The summed E-state index contributed by atoms with van der Waals surface area (Å²) in [6, 6.07) is 3.52. The Hall–Kier alpha value is -2.61. The number of nitrogens with zero attached hydrogens (tertiary/aromatic N) is 6. The summed E-state index contributed by atoms with van der Waals surface area (Å²) in [5.74, 6) is 2.02. The molecule has 4 heterocycles. The lowest BCUT2D eigenvalue weighted by Gasteiger charge is -2.35. The Morgan fingerprint density at radius 3 is 2.39 bits per heavy atom. The van der Waals surface area contributed by atoms with Crippen molar-refractivity contribution in [2.45, 2.75) is 12.8 Å². The van der Waals surface area contributed by atoms with Gasteiger partial charge in [0.25, 0.3) is 5.91 Å². The first kappa shape index (κ1) is 18.7. The van der Waals surface area contributed by atoms with Crippen LogP contribution in [0, 0.1) is 0 Å². The maximum atomic E-state index is 13.0. The summed E-state index contributed by atoms with van der Waals surface area (Å²) in [6.45, 7) is 4.51. The van der Waals surface area contributed by atoms with Crippen molar-refractivity contribution in [1.82, 2.24) is 19.9 Å². The van der Waals surface area contributed by atoms with E-state index in [1.54, 1.807) is 25.6 Å². The zero-order valence-electron chi connectivity index (χ0n) is 15.8. The van der Waals surface area contributed by atoms with Crippen LogP contribution in [-0.4, -0.2) is 72.1 Å². The van der Waals surface area contributed by atoms with E-state index in [4.69, 9.17) is 16.3 Å². The van der Waals surface area contributed by atoms with E-state index >= 15 is 0 Å². The molecular weight excluding hydrogens is 380 g/mol. The number of pyridine rings is 1. The molecule has 0 bridgehead atoms. The van der Waals surface area contributed by atoms with Crippen LogP contribution in [-0.2, 0) is 0 Å². The lowest BCUT2D eigenvalue weighted by Crippen LogP contribution is -2.49. The van der Waals surface area contributed by atoms with Gasteiger partial charge in [0.2, 0.25) is 5.88 Å². The average Bonchev–Trinajstić information content (AvgIpc) is 3.28. The minimum atomic E-state index is -0.0128. The Balaban J connectivity index is 1.44. The van der Waals surface area contributed by atoms with E-state index in [-0.39, 0.29) is 5.91 Å². The standard InChI is InChI=1S/C19H23ClN6O2/c1-28-18-13-21-12-17(23-18)25-6-8-26(9-7-25)19(27)14-10-15(20)22-16(11-14)24-4-2-3-5-24/h10-13H,2-9H2,1H3. The van der Waals surface area contributed by atoms with Gasteiger partial charge in [0.05, 0.1) is 19.5 Å². The molecule has 2 aliphatic heterocycles. The molecule has 2 aromatic rings. The van der Waals surface area contributed by atoms with Crippen molar-refractivity contribution in [3.8, 4) is 5.88 Å². The molecule has 2 saturated heterocycles. The number of piperazine rings is 1. The monoisotopic (exact) mass is 402 g/mol. The van der Waals surface area contributed by atoms with Gasteiger partial charge in [-0.05, 0) is 25.0 Å². The molecule has 2 aromatic heterocycles. The summed E-state index contributed by atoms with van der Waals surface area (Å²) in [5, 5.41) is 0.359. The Kier molecular flexibility index (Phi) is 5.47. The van der Waals surface area contributed by atoms with Gasteiger partial charge in [0, 0.05) is 44.8 Å². The Bertz CT molecular complexity index is 850. The topological polar surface area (TPSA) is 74.7 Å². The smallest absolute Gasteiger partial charge is 0.254 e. The number of anilines is 2. The van der Waals surface area contributed by atoms with Crippen LogP contribution >= 0.6 is 11.6 Å². The fourth-order valence-electron chi connectivity index (χ4n) is 3.63. The Morgan fingerprint density at radius 2 is 1.68 bits per heavy atom. The Morgan fingerprint density at radius 1 is 0.964 bits per heavy atom.